The van der Waals surface area contributed by atoms with E-state index in [1.54, 1.807) is 0 Å². The van der Waals surface area contributed by atoms with Crippen molar-refractivity contribution in [1.29, 1.82) is 0 Å². The second-order valence-corrected chi connectivity index (χ2v) is 8.03. The maximum Gasteiger partial charge on any atom is 0.163 e. The summed E-state index contributed by atoms with van der Waals surface area (Å²) < 4.78 is 12.2. The van der Waals surface area contributed by atoms with E-state index in [1.807, 2.05) is 18.2 Å². The van der Waals surface area contributed by atoms with Crippen molar-refractivity contribution in [3.05, 3.63) is 59.7 Å². The Hall–Kier alpha value is -2.33. The zero-order chi connectivity index (χ0) is 18.7. The van der Waals surface area contributed by atoms with Gasteiger partial charge in [0.1, 0.15) is 13.2 Å². The molecule has 0 spiro atoms. The smallest absolute Gasteiger partial charge is 0.163 e. The van der Waals surface area contributed by atoms with E-state index in [1.165, 1.54) is 25.1 Å². The predicted octanol–water partition coefficient (Wildman–Crippen LogP) is 4.05. The van der Waals surface area contributed by atoms with E-state index in [2.05, 4.69) is 37.4 Å². The van der Waals surface area contributed by atoms with Gasteiger partial charge in [0, 0.05) is 30.7 Å². The molecule has 0 aromatic heterocycles. The van der Waals surface area contributed by atoms with Crippen LogP contribution in [0.25, 0.3) is 0 Å². The first kappa shape index (κ1) is 18.1. The van der Waals surface area contributed by atoms with Crippen molar-refractivity contribution in [3.63, 3.8) is 0 Å². The zero-order valence-electron chi connectivity index (χ0n) is 16.0. The van der Waals surface area contributed by atoms with Gasteiger partial charge < -0.3 is 14.0 Å². The molecule has 2 aromatic carbocycles. The van der Waals surface area contributed by atoms with E-state index in [-0.39, 0.29) is 5.78 Å². The Labute approximate surface area is 161 Å². The Morgan fingerprint density at radius 2 is 1.85 bits per heavy atom. The average Bonchev–Trinajstić information content (AvgIpc) is 3.10. The number of rotatable bonds is 6. The summed E-state index contributed by atoms with van der Waals surface area (Å²) in [7, 11) is 2.33. The largest absolute Gasteiger partial charge is 0.486 e. The summed E-state index contributed by atoms with van der Waals surface area (Å²) in [6.07, 6.45) is 2.74. The molecule has 1 fully saturated rings. The van der Waals surface area contributed by atoms with Crippen LogP contribution in [0.3, 0.4) is 0 Å². The van der Waals surface area contributed by atoms with Crippen LogP contribution in [-0.4, -0.2) is 50.2 Å². The summed E-state index contributed by atoms with van der Waals surface area (Å²) in [5.74, 6) is 2.26. The van der Waals surface area contributed by atoms with Crippen molar-refractivity contribution in [3.8, 4) is 11.5 Å². The fraction of sp³-hybridized carbons (Fsp3) is 0.435. The molecule has 4 nitrogen and oxygen atoms in total. The number of likely N-dealkylation sites (tertiary alicyclic amines) is 1. The van der Waals surface area contributed by atoms with E-state index in [0.717, 1.165) is 28.8 Å². The summed E-state index contributed by atoms with van der Waals surface area (Å²) in [4.78, 5) is 12.6. The van der Waals surface area contributed by atoms with Crippen LogP contribution in [0.2, 0.25) is 0 Å². The summed E-state index contributed by atoms with van der Waals surface area (Å²) >= 11 is 0. The summed E-state index contributed by atoms with van der Waals surface area (Å²) in [6.45, 7) is 4.53. The van der Waals surface area contributed by atoms with Crippen molar-refractivity contribution >= 4 is 5.78 Å². The van der Waals surface area contributed by atoms with Crippen LogP contribution in [0.15, 0.2) is 48.5 Å². The average molecular weight is 366 g/mol. The molecule has 2 atom stereocenters. The Morgan fingerprint density at radius 3 is 2.67 bits per heavy atom. The predicted molar refractivity (Wildman–Crippen MR) is 106 cm³/mol. The van der Waals surface area contributed by atoms with Crippen molar-refractivity contribution < 1.29 is 18.8 Å². The third-order valence-corrected chi connectivity index (χ3v) is 5.92. The monoisotopic (exact) mass is 366 g/mol. The molecular formula is C23H28NO3+. The van der Waals surface area contributed by atoms with Gasteiger partial charge in [-0.3, -0.25) is 4.79 Å². The first-order valence-electron chi connectivity index (χ1n) is 9.94. The van der Waals surface area contributed by atoms with Gasteiger partial charge in [-0.25, -0.2) is 0 Å². The fourth-order valence-corrected chi connectivity index (χ4v) is 4.36. The Bertz CT molecular complexity index is 805. The normalized spacial score (nSPS) is 24.0. The van der Waals surface area contributed by atoms with Gasteiger partial charge in [-0.1, -0.05) is 30.3 Å². The number of hydrogen-bond acceptors (Lipinski definition) is 3. The lowest BCUT2D eigenvalue weighted by atomic mass is 9.99. The van der Waals surface area contributed by atoms with Gasteiger partial charge in [-0.05, 0) is 23.8 Å². The number of carbonyl (C=O) groups is 1. The molecule has 0 N–H and O–H groups in total. The minimum Gasteiger partial charge on any atom is -0.486 e. The third-order valence-electron chi connectivity index (χ3n) is 5.92. The molecule has 2 aliphatic rings. The van der Waals surface area contributed by atoms with Crippen LogP contribution < -0.4 is 9.47 Å². The molecular weight excluding hydrogens is 338 g/mol. The van der Waals surface area contributed by atoms with Gasteiger partial charge in [0.25, 0.3) is 0 Å². The van der Waals surface area contributed by atoms with Gasteiger partial charge in [0.05, 0.1) is 26.7 Å². The molecule has 142 valence electrons. The number of benzene rings is 2. The molecule has 4 rings (SSSR count). The van der Waals surface area contributed by atoms with Crippen LogP contribution in [0.5, 0.6) is 11.5 Å². The second-order valence-electron chi connectivity index (χ2n) is 8.03. The first-order valence-corrected chi connectivity index (χ1v) is 9.94. The van der Waals surface area contributed by atoms with Crippen molar-refractivity contribution in [2.24, 2.45) is 0 Å². The molecule has 1 saturated heterocycles. The number of hydrogen-bond donors (Lipinski definition) is 0. The number of ketones is 1. The van der Waals surface area contributed by atoms with Gasteiger partial charge >= 0.3 is 0 Å². The third kappa shape index (κ3) is 4.16. The fourth-order valence-electron chi connectivity index (χ4n) is 4.36. The quantitative estimate of drug-likeness (QED) is 0.571. The van der Waals surface area contributed by atoms with Crippen molar-refractivity contribution in [2.75, 3.05) is 39.9 Å². The highest BCUT2D eigenvalue weighted by atomic mass is 16.6. The number of nitrogens with zero attached hydrogens (tertiary/aromatic N) is 1. The maximum atomic E-state index is 12.6. The van der Waals surface area contributed by atoms with E-state index in [4.69, 9.17) is 9.47 Å². The first-order chi connectivity index (χ1) is 13.1. The Kier molecular flexibility index (Phi) is 5.17. The van der Waals surface area contributed by atoms with Crippen LogP contribution >= 0.6 is 0 Å². The van der Waals surface area contributed by atoms with Crippen molar-refractivity contribution in [1.82, 2.24) is 0 Å². The second kappa shape index (κ2) is 7.73. The molecule has 2 aromatic rings. The van der Waals surface area contributed by atoms with E-state index >= 15 is 0 Å². The van der Waals surface area contributed by atoms with Crippen LogP contribution in [0.1, 0.15) is 41.1 Å². The van der Waals surface area contributed by atoms with E-state index in [0.29, 0.717) is 31.3 Å². The molecule has 0 bridgehead atoms. The highest BCUT2D eigenvalue weighted by Gasteiger charge is 2.34. The minimum atomic E-state index is 0.192. The number of Topliss-reactive ketones (excluding diaryl/α,β-unsaturated/α-hetero) is 1. The SMILES string of the molecule is C[N@@+]1(CCCC(=O)c2ccc3c(c2)OCCO3)CC[C@@H](c2ccccc2)C1. The topological polar surface area (TPSA) is 35.5 Å². The molecule has 0 saturated carbocycles. The van der Waals surface area contributed by atoms with E-state index < -0.39 is 0 Å². The maximum absolute atomic E-state index is 12.6. The zero-order valence-corrected chi connectivity index (χ0v) is 16.0. The molecule has 2 heterocycles. The van der Waals surface area contributed by atoms with E-state index in [9.17, 15) is 4.79 Å². The summed E-state index contributed by atoms with van der Waals surface area (Å²) in [5.41, 5.74) is 2.18. The highest BCUT2D eigenvalue weighted by Crippen LogP contribution is 2.33. The molecule has 0 unspecified atom stereocenters. The number of carbonyl (C=O) groups excluding carboxylic acids is 1. The standard InChI is InChI=1S/C23H28NO3/c1-24(13-11-20(17-24)18-6-3-2-4-7-18)12-5-8-21(25)19-9-10-22-23(16-19)27-15-14-26-22/h2-4,6-7,9-10,16,20H,5,8,11-15,17H2,1H3/q+1/t20-,24-/m1/s1. The van der Waals surface area contributed by atoms with Crippen LogP contribution in [0, 0.1) is 0 Å². The number of quaternary nitrogens is 1. The lowest BCUT2D eigenvalue weighted by Crippen LogP contribution is -2.42. The number of likely N-dealkylation sites (N-methyl/N-ethyl adjacent to an activating group) is 1. The molecule has 2 aliphatic heterocycles. The van der Waals surface area contributed by atoms with Crippen LogP contribution in [0.4, 0.5) is 0 Å². The Balaban J connectivity index is 1.30. The lowest BCUT2D eigenvalue weighted by Gasteiger charge is -2.29. The molecule has 27 heavy (non-hydrogen) atoms. The van der Waals surface area contributed by atoms with Gasteiger partial charge in [0.15, 0.2) is 17.3 Å². The van der Waals surface area contributed by atoms with Crippen molar-refractivity contribution in [2.45, 2.75) is 25.2 Å². The highest BCUT2D eigenvalue weighted by molar-refractivity contribution is 5.96. The molecule has 0 aliphatic carbocycles. The summed E-state index contributed by atoms with van der Waals surface area (Å²) in [5, 5.41) is 0. The van der Waals surface area contributed by atoms with Gasteiger partial charge in [-0.15, -0.1) is 0 Å². The number of ether oxygens (including phenoxy) is 2. The molecule has 0 radical (unpaired) electrons. The summed E-state index contributed by atoms with van der Waals surface area (Å²) in [6, 6.07) is 16.4. The van der Waals surface area contributed by atoms with Gasteiger partial charge in [0.2, 0.25) is 0 Å². The Morgan fingerprint density at radius 1 is 1.07 bits per heavy atom. The number of fused-ring (bicyclic) bond motifs is 1. The van der Waals surface area contributed by atoms with Crippen LogP contribution in [-0.2, 0) is 0 Å². The minimum absolute atomic E-state index is 0.192. The van der Waals surface area contributed by atoms with Gasteiger partial charge in [-0.2, -0.15) is 0 Å². The lowest BCUT2D eigenvalue weighted by molar-refractivity contribution is -0.898. The molecule has 4 heteroatoms. The molecule has 0 amide bonds.